The molecule has 0 bridgehead atoms. The molecule has 1 saturated heterocycles. The fraction of sp³-hybridized carbons (Fsp3) is 0.0870. The predicted octanol–water partition coefficient (Wildman–Crippen LogP) is 3.86. The zero-order valence-electron chi connectivity index (χ0n) is 15.9. The van der Waals surface area contributed by atoms with Gasteiger partial charge in [0.2, 0.25) is 0 Å². The summed E-state index contributed by atoms with van der Waals surface area (Å²) in [6.07, 6.45) is 3.09. The van der Waals surface area contributed by atoms with Crippen LogP contribution in [0.5, 0.6) is 5.75 Å². The van der Waals surface area contributed by atoms with Gasteiger partial charge in [-0.1, -0.05) is 6.07 Å². The molecule has 0 radical (unpaired) electrons. The van der Waals surface area contributed by atoms with Crippen molar-refractivity contribution in [2.75, 3.05) is 12.0 Å². The van der Waals surface area contributed by atoms with Gasteiger partial charge in [0.15, 0.2) is 0 Å². The summed E-state index contributed by atoms with van der Waals surface area (Å²) in [6, 6.07) is 14.2. The van der Waals surface area contributed by atoms with Gasteiger partial charge in [0.1, 0.15) is 17.3 Å². The van der Waals surface area contributed by atoms with Crippen molar-refractivity contribution in [3.63, 3.8) is 0 Å². The number of pyridine rings is 1. The summed E-state index contributed by atoms with van der Waals surface area (Å²) < 4.78 is 18.5. The molecule has 0 spiro atoms. The van der Waals surface area contributed by atoms with Crippen molar-refractivity contribution in [1.82, 2.24) is 4.98 Å². The second-order valence-electron chi connectivity index (χ2n) is 6.66. The van der Waals surface area contributed by atoms with Gasteiger partial charge in [0.25, 0.3) is 11.7 Å². The maximum atomic E-state index is 13.4. The van der Waals surface area contributed by atoms with E-state index in [1.807, 2.05) is 0 Å². The zero-order valence-corrected chi connectivity index (χ0v) is 15.9. The van der Waals surface area contributed by atoms with Crippen LogP contribution < -0.4 is 9.64 Å². The predicted molar refractivity (Wildman–Crippen MR) is 108 cm³/mol. The zero-order chi connectivity index (χ0) is 21.3. The van der Waals surface area contributed by atoms with Crippen molar-refractivity contribution in [1.29, 1.82) is 0 Å². The van der Waals surface area contributed by atoms with Crippen molar-refractivity contribution >= 4 is 23.1 Å². The lowest BCUT2D eigenvalue weighted by Gasteiger charge is -2.25. The number of aliphatic hydroxyl groups is 1. The first-order chi connectivity index (χ1) is 14.5. The number of benzene rings is 2. The summed E-state index contributed by atoms with van der Waals surface area (Å²) in [5.41, 5.74) is 1.17. The lowest BCUT2D eigenvalue weighted by Crippen LogP contribution is -2.29. The maximum absolute atomic E-state index is 13.4. The summed E-state index contributed by atoms with van der Waals surface area (Å²) in [6.45, 7) is 0. The van der Waals surface area contributed by atoms with Crippen molar-refractivity contribution in [2.24, 2.45) is 0 Å². The molecule has 4 rings (SSSR count). The molecule has 1 atom stereocenters. The molecule has 2 heterocycles. The van der Waals surface area contributed by atoms with E-state index < -0.39 is 23.5 Å². The molecule has 1 aromatic heterocycles. The monoisotopic (exact) mass is 404 g/mol. The Kier molecular flexibility index (Phi) is 5.02. The third-order valence-corrected chi connectivity index (χ3v) is 4.91. The molecule has 1 N–H and O–H groups in total. The Hall–Kier alpha value is -4.00. The minimum Gasteiger partial charge on any atom is -0.507 e. The molecule has 150 valence electrons. The Balaban J connectivity index is 1.90. The van der Waals surface area contributed by atoms with Crippen LogP contribution in [0.1, 0.15) is 17.2 Å². The third kappa shape index (κ3) is 3.30. The van der Waals surface area contributed by atoms with Crippen LogP contribution in [0.2, 0.25) is 0 Å². The van der Waals surface area contributed by atoms with Crippen LogP contribution >= 0.6 is 0 Å². The molecule has 30 heavy (non-hydrogen) atoms. The molecule has 6 nitrogen and oxygen atoms in total. The fourth-order valence-electron chi connectivity index (χ4n) is 3.46. The van der Waals surface area contributed by atoms with Crippen molar-refractivity contribution in [3.05, 3.63) is 95.6 Å². The molecule has 1 unspecified atom stereocenters. The van der Waals surface area contributed by atoms with Crippen LogP contribution in [-0.2, 0) is 9.59 Å². The number of carbonyl (C=O) groups excluding carboxylic acids is 2. The van der Waals surface area contributed by atoms with E-state index in [1.54, 1.807) is 42.6 Å². The van der Waals surface area contributed by atoms with E-state index >= 15 is 0 Å². The van der Waals surface area contributed by atoms with Crippen LogP contribution in [-0.4, -0.2) is 28.9 Å². The van der Waals surface area contributed by atoms with Crippen LogP contribution in [0.15, 0.2) is 78.6 Å². The van der Waals surface area contributed by atoms with Gasteiger partial charge in [0, 0.05) is 23.6 Å². The third-order valence-electron chi connectivity index (χ3n) is 4.91. The maximum Gasteiger partial charge on any atom is 0.300 e. The van der Waals surface area contributed by atoms with Crippen LogP contribution in [0, 0.1) is 5.82 Å². The highest BCUT2D eigenvalue weighted by Crippen LogP contribution is 2.41. The number of aliphatic hydroxyl groups excluding tert-OH is 1. The number of hydrogen-bond acceptors (Lipinski definition) is 5. The first kappa shape index (κ1) is 19.3. The first-order valence-corrected chi connectivity index (χ1v) is 9.12. The van der Waals surface area contributed by atoms with E-state index in [0.717, 1.165) is 0 Å². The number of methoxy groups -OCH3 is 1. The number of amides is 1. The minimum absolute atomic E-state index is 0.0671. The SMILES string of the molecule is COc1ccc(/C(O)=C2/C(=O)C(=O)N(c3ccc(F)cc3)C2c2cccnc2)cc1. The Bertz CT molecular complexity index is 1130. The molecule has 1 aliphatic heterocycles. The van der Waals surface area contributed by atoms with Gasteiger partial charge < -0.3 is 9.84 Å². The molecule has 0 aliphatic carbocycles. The molecule has 0 saturated carbocycles. The average molecular weight is 404 g/mol. The summed E-state index contributed by atoms with van der Waals surface area (Å²) in [7, 11) is 1.52. The number of halogens is 1. The molecule has 1 amide bonds. The van der Waals surface area contributed by atoms with Crippen LogP contribution in [0.4, 0.5) is 10.1 Å². The number of aromatic nitrogens is 1. The fourth-order valence-corrected chi connectivity index (χ4v) is 3.46. The number of carbonyl (C=O) groups is 2. The summed E-state index contributed by atoms with van der Waals surface area (Å²) in [5.74, 6) is -1.84. The average Bonchev–Trinajstić information content (AvgIpc) is 3.05. The summed E-state index contributed by atoms with van der Waals surface area (Å²) >= 11 is 0. The van der Waals surface area contributed by atoms with E-state index in [9.17, 15) is 19.1 Å². The normalized spacial score (nSPS) is 17.9. The number of nitrogens with zero attached hydrogens (tertiary/aromatic N) is 2. The highest BCUT2D eigenvalue weighted by Gasteiger charge is 2.47. The van der Waals surface area contributed by atoms with Crippen molar-refractivity contribution in [3.8, 4) is 5.75 Å². The standard InChI is InChI=1S/C23H17FN2O4/c1-30-18-10-4-14(5-11-18)21(27)19-20(15-3-2-12-25-13-15)26(23(29)22(19)28)17-8-6-16(24)7-9-17/h2-13,20,27H,1H3/b21-19-. The Morgan fingerprint density at radius 2 is 1.77 bits per heavy atom. The lowest BCUT2D eigenvalue weighted by molar-refractivity contribution is -0.132. The summed E-state index contributed by atoms with van der Waals surface area (Å²) in [4.78, 5) is 31.2. The van der Waals surface area contributed by atoms with E-state index in [1.165, 1.54) is 42.5 Å². The first-order valence-electron chi connectivity index (χ1n) is 9.12. The highest BCUT2D eigenvalue weighted by molar-refractivity contribution is 6.51. The van der Waals surface area contributed by atoms with Gasteiger partial charge in [-0.05, 0) is 60.2 Å². The molecular formula is C23H17FN2O4. The summed E-state index contributed by atoms with van der Waals surface area (Å²) in [5, 5.41) is 11.0. The number of hydrogen-bond donors (Lipinski definition) is 1. The van der Waals surface area contributed by atoms with E-state index in [0.29, 0.717) is 22.6 Å². The number of Topliss-reactive ketones (excluding diaryl/α,β-unsaturated/α-hetero) is 1. The number of anilines is 1. The van der Waals surface area contributed by atoms with Gasteiger partial charge in [-0.25, -0.2) is 4.39 Å². The van der Waals surface area contributed by atoms with Crippen molar-refractivity contribution < 1.29 is 23.8 Å². The van der Waals surface area contributed by atoms with Crippen LogP contribution in [0.25, 0.3) is 5.76 Å². The van der Waals surface area contributed by atoms with Crippen molar-refractivity contribution in [2.45, 2.75) is 6.04 Å². The molecule has 3 aromatic rings. The smallest absolute Gasteiger partial charge is 0.300 e. The lowest BCUT2D eigenvalue weighted by atomic mass is 9.96. The molecule has 7 heteroatoms. The Morgan fingerprint density at radius 1 is 1.07 bits per heavy atom. The molecular weight excluding hydrogens is 387 g/mol. The Morgan fingerprint density at radius 3 is 2.37 bits per heavy atom. The second kappa shape index (κ2) is 7.79. The van der Waals surface area contributed by atoms with E-state index in [4.69, 9.17) is 4.74 Å². The van der Waals surface area contributed by atoms with Gasteiger partial charge in [-0.2, -0.15) is 0 Å². The van der Waals surface area contributed by atoms with Gasteiger partial charge >= 0.3 is 0 Å². The number of ether oxygens (including phenoxy) is 1. The molecule has 2 aromatic carbocycles. The molecule has 1 aliphatic rings. The number of ketones is 1. The van der Waals surface area contributed by atoms with Gasteiger partial charge in [0.05, 0.1) is 18.7 Å². The van der Waals surface area contributed by atoms with Gasteiger partial charge in [-0.3, -0.25) is 19.5 Å². The quantitative estimate of drug-likeness (QED) is 0.406. The van der Waals surface area contributed by atoms with E-state index in [-0.39, 0.29) is 11.3 Å². The van der Waals surface area contributed by atoms with Gasteiger partial charge in [-0.15, -0.1) is 0 Å². The Labute approximate surface area is 171 Å². The second-order valence-corrected chi connectivity index (χ2v) is 6.66. The highest BCUT2D eigenvalue weighted by atomic mass is 19.1. The molecule has 1 fully saturated rings. The van der Waals surface area contributed by atoms with Crippen LogP contribution in [0.3, 0.4) is 0 Å². The van der Waals surface area contributed by atoms with E-state index in [2.05, 4.69) is 4.98 Å². The topological polar surface area (TPSA) is 79.7 Å². The minimum atomic E-state index is -0.911. The largest absolute Gasteiger partial charge is 0.507 e. The number of rotatable bonds is 4.